The molecular weight excluding hydrogens is 555 g/mol. The van der Waals surface area contributed by atoms with Crippen LogP contribution in [0.2, 0.25) is 0 Å². The zero-order valence-corrected chi connectivity index (χ0v) is 27.2. The molecule has 0 saturated heterocycles. The van der Waals surface area contributed by atoms with E-state index in [1.165, 1.54) is 50.2 Å². The predicted molar refractivity (Wildman–Crippen MR) is 200 cm³/mol. The van der Waals surface area contributed by atoms with Crippen molar-refractivity contribution in [3.8, 4) is 0 Å². The van der Waals surface area contributed by atoms with Gasteiger partial charge in [-0.25, -0.2) is 0 Å². The van der Waals surface area contributed by atoms with Crippen molar-refractivity contribution >= 4 is 40.4 Å². The van der Waals surface area contributed by atoms with Crippen molar-refractivity contribution < 1.29 is 0 Å². The van der Waals surface area contributed by atoms with Crippen LogP contribution in [0.1, 0.15) is 52.8 Å². The van der Waals surface area contributed by atoms with E-state index in [4.69, 9.17) is 0 Å². The van der Waals surface area contributed by atoms with Crippen LogP contribution >= 0.6 is 0 Å². The maximum Gasteiger partial charge on any atom is 0.0490 e. The lowest BCUT2D eigenvalue weighted by atomic mass is 9.93. The Kier molecular flexibility index (Phi) is 9.41. The Morgan fingerprint density at radius 1 is 0.500 bits per heavy atom. The largest absolute Gasteiger partial charge is 0.310 e. The summed E-state index contributed by atoms with van der Waals surface area (Å²) in [5.74, 6) is 0.422. The highest BCUT2D eigenvalue weighted by molar-refractivity contribution is 5.92. The molecule has 1 nitrogen and oxygen atoms in total. The molecule has 0 bridgehead atoms. The molecule has 0 radical (unpaired) electrons. The van der Waals surface area contributed by atoms with Crippen LogP contribution in [0.5, 0.6) is 0 Å². The summed E-state index contributed by atoms with van der Waals surface area (Å²) < 4.78 is 0. The third-order valence-electron chi connectivity index (χ3n) is 8.43. The summed E-state index contributed by atoms with van der Waals surface area (Å²) in [7, 11) is 0. The predicted octanol–water partition coefficient (Wildman–Crippen LogP) is 12.6. The highest BCUT2D eigenvalue weighted by Gasteiger charge is 2.15. The average molecular weight is 596 g/mol. The number of hydrogen-bond donors (Lipinski definition) is 0. The monoisotopic (exact) mass is 595 g/mol. The third-order valence-corrected chi connectivity index (χ3v) is 8.43. The van der Waals surface area contributed by atoms with Crippen molar-refractivity contribution in [2.75, 3.05) is 4.90 Å². The quantitative estimate of drug-likeness (QED) is 0.150. The molecule has 6 rings (SSSR count). The SMILES string of the molecule is Cc1ccc(N(c2ccc(C=C(c3ccccc3)c3ccccc3)cc2)c2ccc(C=C(c3ccccc3)C(C)C)cc2)c(C)c1. The van der Waals surface area contributed by atoms with Gasteiger partial charge >= 0.3 is 0 Å². The highest BCUT2D eigenvalue weighted by Crippen LogP contribution is 2.38. The molecule has 0 atom stereocenters. The highest BCUT2D eigenvalue weighted by atomic mass is 15.1. The molecule has 0 aliphatic heterocycles. The van der Waals surface area contributed by atoms with Crippen molar-refractivity contribution in [1.29, 1.82) is 0 Å². The van der Waals surface area contributed by atoms with Gasteiger partial charge in [0.05, 0.1) is 0 Å². The van der Waals surface area contributed by atoms with E-state index in [0.717, 1.165) is 16.9 Å². The summed E-state index contributed by atoms with van der Waals surface area (Å²) in [4.78, 5) is 2.37. The summed E-state index contributed by atoms with van der Waals surface area (Å²) in [6, 6.07) is 56.5. The number of aryl methyl sites for hydroxylation is 2. The van der Waals surface area contributed by atoms with E-state index < -0.39 is 0 Å². The van der Waals surface area contributed by atoms with Gasteiger partial charge in [0.15, 0.2) is 0 Å². The van der Waals surface area contributed by atoms with E-state index in [1.807, 2.05) is 0 Å². The molecule has 0 aliphatic carbocycles. The molecule has 0 heterocycles. The lowest BCUT2D eigenvalue weighted by Gasteiger charge is -2.27. The van der Waals surface area contributed by atoms with Gasteiger partial charge in [-0.05, 0) is 101 Å². The minimum atomic E-state index is 0.422. The average Bonchev–Trinajstić information content (AvgIpc) is 3.09. The molecule has 226 valence electrons. The van der Waals surface area contributed by atoms with Crippen molar-refractivity contribution in [1.82, 2.24) is 0 Å². The first kappa shape index (κ1) is 30.6. The molecule has 0 amide bonds. The van der Waals surface area contributed by atoms with Crippen LogP contribution in [-0.2, 0) is 0 Å². The number of benzene rings is 6. The summed E-state index contributed by atoms with van der Waals surface area (Å²) in [6.45, 7) is 8.87. The molecule has 0 N–H and O–H groups in total. The number of hydrogen-bond acceptors (Lipinski definition) is 1. The molecule has 0 unspecified atom stereocenters. The molecule has 6 aromatic carbocycles. The molecular formula is C45H41N. The van der Waals surface area contributed by atoms with Crippen molar-refractivity contribution in [3.05, 3.63) is 197 Å². The van der Waals surface area contributed by atoms with E-state index in [2.05, 4.69) is 202 Å². The molecule has 6 aromatic rings. The van der Waals surface area contributed by atoms with Gasteiger partial charge in [0, 0.05) is 17.1 Å². The molecule has 0 aromatic heterocycles. The first-order chi connectivity index (χ1) is 22.5. The van der Waals surface area contributed by atoms with Crippen LogP contribution in [0.25, 0.3) is 23.3 Å². The van der Waals surface area contributed by atoms with Gasteiger partial charge in [-0.3, -0.25) is 0 Å². The number of allylic oxidation sites excluding steroid dienone is 1. The Morgan fingerprint density at radius 3 is 1.41 bits per heavy atom. The fraction of sp³-hybridized carbons (Fsp3) is 0.111. The third kappa shape index (κ3) is 7.11. The smallest absolute Gasteiger partial charge is 0.0490 e. The van der Waals surface area contributed by atoms with Crippen LogP contribution < -0.4 is 4.90 Å². The zero-order chi connectivity index (χ0) is 31.9. The van der Waals surface area contributed by atoms with Crippen molar-refractivity contribution in [2.24, 2.45) is 5.92 Å². The van der Waals surface area contributed by atoms with Gasteiger partial charge < -0.3 is 4.90 Å². The van der Waals surface area contributed by atoms with Crippen LogP contribution in [0.15, 0.2) is 158 Å². The Hall–Kier alpha value is -5.40. The van der Waals surface area contributed by atoms with Crippen LogP contribution in [0.4, 0.5) is 17.1 Å². The normalized spacial score (nSPS) is 11.4. The molecule has 1 heteroatoms. The first-order valence-corrected chi connectivity index (χ1v) is 16.1. The Bertz CT molecular complexity index is 1890. The van der Waals surface area contributed by atoms with E-state index >= 15 is 0 Å². The second-order valence-electron chi connectivity index (χ2n) is 12.2. The number of anilines is 3. The van der Waals surface area contributed by atoms with Gasteiger partial charge in [0.2, 0.25) is 0 Å². The van der Waals surface area contributed by atoms with E-state index in [1.54, 1.807) is 0 Å². The topological polar surface area (TPSA) is 3.24 Å². The van der Waals surface area contributed by atoms with Crippen molar-refractivity contribution in [2.45, 2.75) is 27.7 Å². The van der Waals surface area contributed by atoms with Gasteiger partial charge in [0.1, 0.15) is 0 Å². The molecule has 0 spiro atoms. The summed E-state index contributed by atoms with van der Waals surface area (Å²) in [5.41, 5.74) is 14.5. The van der Waals surface area contributed by atoms with E-state index in [-0.39, 0.29) is 0 Å². The second kappa shape index (κ2) is 14.1. The lowest BCUT2D eigenvalue weighted by Crippen LogP contribution is -2.11. The van der Waals surface area contributed by atoms with Crippen molar-refractivity contribution in [3.63, 3.8) is 0 Å². The molecule has 0 saturated carbocycles. The van der Waals surface area contributed by atoms with Crippen LogP contribution in [-0.4, -0.2) is 0 Å². The first-order valence-electron chi connectivity index (χ1n) is 16.1. The van der Waals surface area contributed by atoms with Crippen LogP contribution in [0, 0.1) is 19.8 Å². The van der Waals surface area contributed by atoms with E-state index in [9.17, 15) is 0 Å². The summed E-state index contributed by atoms with van der Waals surface area (Å²) in [5, 5.41) is 0. The standard InChI is InChI=1S/C45H41N/c1-33(2)43(38-14-8-5-9-15-38)31-36-21-25-41(26-22-36)46(45-29-20-34(3)30-35(45)4)42-27-23-37(24-28-42)32-44(39-16-10-6-11-17-39)40-18-12-7-13-19-40/h5-33H,1-4H3. The van der Waals surface area contributed by atoms with Gasteiger partial charge in [-0.2, -0.15) is 0 Å². The minimum absolute atomic E-state index is 0.422. The fourth-order valence-corrected chi connectivity index (χ4v) is 6.05. The maximum absolute atomic E-state index is 2.37. The summed E-state index contributed by atoms with van der Waals surface area (Å²) in [6.07, 6.45) is 4.61. The molecule has 0 fully saturated rings. The van der Waals surface area contributed by atoms with Gasteiger partial charge in [-0.15, -0.1) is 0 Å². The fourth-order valence-electron chi connectivity index (χ4n) is 6.05. The summed E-state index contributed by atoms with van der Waals surface area (Å²) >= 11 is 0. The van der Waals surface area contributed by atoms with Crippen LogP contribution in [0.3, 0.4) is 0 Å². The van der Waals surface area contributed by atoms with Gasteiger partial charge in [-0.1, -0.05) is 153 Å². The van der Waals surface area contributed by atoms with E-state index in [0.29, 0.717) is 5.92 Å². The maximum atomic E-state index is 2.37. The minimum Gasteiger partial charge on any atom is -0.310 e. The number of nitrogens with zero attached hydrogens (tertiary/aromatic N) is 1. The van der Waals surface area contributed by atoms with Gasteiger partial charge in [0.25, 0.3) is 0 Å². The molecule has 0 aliphatic rings. The Balaban J connectivity index is 1.38. The zero-order valence-electron chi connectivity index (χ0n) is 27.2. The second-order valence-corrected chi connectivity index (χ2v) is 12.2. The lowest BCUT2D eigenvalue weighted by molar-refractivity contribution is 0.859. The molecule has 46 heavy (non-hydrogen) atoms. The Labute approximate surface area is 274 Å². The number of rotatable bonds is 9. The Morgan fingerprint density at radius 2 is 0.957 bits per heavy atom.